The van der Waals surface area contributed by atoms with E-state index in [1.165, 1.54) is 24.0 Å². The topological polar surface area (TPSA) is 61.7 Å². The number of hydrogen-bond acceptors (Lipinski definition) is 4. The molecule has 2 aliphatic rings. The lowest BCUT2D eigenvalue weighted by Gasteiger charge is -2.40. The number of aliphatic hydroxyl groups excluding tert-OH is 2. The van der Waals surface area contributed by atoms with E-state index >= 15 is 0 Å². The van der Waals surface area contributed by atoms with Crippen molar-refractivity contribution in [2.45, 2.75) is 70.8 Å². The van der Waals surface area contributed by atoms with Crippen LogP contribution in [0, 0.1) is 6.92 Å². The van der Waals surface area contributed by atoms with E-state index in [0.29, 0.717) is 6.42 Å². The van der Waals surface area contributed by atoms with Gasteiger partial charge in [-0.15, -0.1) is 12.4 Å². The summed E-state index contributed by atoms with van der Waals surface area (Å²) in [5.41, 5.74) is 5.86. The monoisotopic (exact) mass is 367 g/mol. The molecule has 4 nitrogen and oxygen atoms in total. The average molecular weight is 368 g/mol. The molecule has 0 fully saturated rings. The number of nitrogens with one attached hydrogen (secondary N) is 1. The van der Waals surface area contributed by atoms with Crippen LogP contribution in [-0.2, 0) is 6.42 Å². The fourth-order valence-electron chi connectivity index (χ4n) is 4.12. The highest BCUT2D eigenvalue weighted by Gasteiger charge is 2.37. The Morgan fingerprint density at radius 3 is 2.56 bits per heavy atom. The summed E-state index contributed by atoms with van der Waals surface area (Å²) in [7, 11) is 1.65. The number of halogens is 1. The summed E-state index contributed by atoms with van der Waals surface area (Å²) in [6, 6.07) is 4.21. The fraction of sp³-hybridized carbons (Fsp3) is 0.600. The molecule has 3 rings (SSSR count). The van der Waals surface area contributed by atoms with Crippen molar-refractivity contribution in [1.29, 1.82) is 0 Å². The van der Waals surface area contributed by atoms with Crippen LogP contribution in [0.25, 0.3) is 5.57 Å². The van der Waals surface area contributed by atoms with Crippen molar-refractivity contribution in [2.24, 2.45) is 0 Å². The van der Waals surface area contributed by atoms with E-state index in [4.69, 9.17) is 4.74 Å². The molecule has 2 atom stereocenters. The Hall–Kier alpha value is -1.07. The second-order valence-corrected chi connectivity index (χ2v) is 7.58. The highest BCUT2D eigenvalue weighted by Crippen LogP contribution is 2.48. The molecule has 0 aromatic heterocycles. The van der Waals surface area contributed by atoms with Gasteiger partial charge >= 0.3 is 0 Å². The van der Waals surface area contributed by atoms with Crippen LogP contribution in [0.1, 0.15) is 56.2 Å². The molecule has 3 N–H and O–H groups in total. The zero-order valence-corrected chi connectivity index (χ0v) is 16.4. The minimum absolute atomic E-state index is 0. The predicted molar refractivity (Wildman–Crippen MR) is 103 cm³/mol. The van der Waals surface area contributed by atoms with E-state index < -0.39 is 12.3 Å². The van der Waals surface area contributed by atoms with Gasteiger partial charge in [0.05, 0.1) is 6.10 Å². The average Bonchev–Trinajstić information content (AvgIpc) is 2.53. The van der Waals surface area contributed by atoms with E-state index in [0.717, 1.165) is 35.3 Å². The first-order chi connectivity index (χ1) is 11.3. The van der Waals surface area contributed by atoms with E-state index in [-0.39, 0.29) is 18.0 Å². The van der Waals surface area contributed by atoms with Gasteiger partial charge in [-0.05, 0) is 81.8 Å². The Bertz CT molecular complexity index is 669. The van der Waals surface area contributed by atoms with Gasteiger partial charge in [-0.2, -0.15) is 0 Å². The Morgan fingerprint density at radius 2 is 1.88 bits per heavy atom. The van der Waals surface area contributed by atoms with E-state index in [9.17, 15) is 10.2 Å². The molecule has 25 heavy (non-hydrogen) atoms. The van der Waals surface area contributed by atoms with Gasteiger partial charge in [0.25, 0.3) is 0 Å². The number of rotatable bonds is 4. The molecule has 0 spiro atoms. The largest absolute Gasteiger partial charge is 0.483 e. The van der Waals surface area contributed by atoms with Gasteiger partial charge in [-0.25, -0.2) is 0 Å². The van der Waals surface area contributed by atoms with Crippen LogP contribution >= 0.6 is 12.4 Å². The van der Waals surface area contributed by atoms with E-state index in [2.05, 4.69) is 31.3 Å². The first-order valence-corrected chi connectivity index (χ1v) is 8.92. The van der Waals surface area contributed by atoms with Crippen molar-refractivity contribution >= 4 is 18.0 Å². The summed E-state index contributed by atoms with van der Waals surface area (Å²) in [5.74, 6) is 0.918. The van der Waals surface area contributed by atoms with Gasteiger partial charge in [0, 0.05) is 12.0 Å². The lowest BCUT2D eigenvalue weighted by Crippen LogP contribution is -2.39. The highest BCUT2D eigenvalue weighted by atomic mass is 35.5. The van der Waals surface area contributed by atoms with Crippen LogP contribution in [0.2, 0.25) is 0 Å². The summed E-state index contributed by atoms with van der Waals surface area (Å²) in [5, 5.41) is 22.9. The SMILES string of the molecule is CNC(O)C(O)Cc1cc(C)cc2c1C1=C(CCCC1)C(C)(C)O2.Cl. The van der Waals surface area contributed by atoms with Crippen molar-refractivity contribution in [3.8, 4) is 5.75 Å². The quantitative estimate of drug-likeness (QED) is 0.714. The molecule has 140 valence electrons. The van der Waals surface area contributed by atoms with Crippen LogP contribution in [0.3, 0.4) is 0 Å². The number of aliphatic hydroxyl groups is 2. The maximum absolute atomic E-state index is 10.3. The molecule has 0 amide bonds. The zero-order chi connectivity index (χ0) is 17.5. The molecule has 1 aliphatic carbocycles. The summed E-state index contributed by atoms with van der Waals surface area (Å²) in [4.78, 5) is 0. The summed E-state index contributed by atoms with van der Waals surface area (Å²) in [6.45, 7) is 6.35. The third-order valence-corrected chi connectivity index (χ3v) is 5.28. The van der Waals surface area contributed by atoms with Crippen molar-refractivity contribution < 1.29 is 14.9 Å². The molecule has 1 aromatic carbocycles. The first-order valence-electron chi connectivity index (χ1n) is 8.92. The van der Waals surface area contributed by atoms with Gasteiger partial charge in [0.15, 0.2) is 0 Å². The number of benzene rings is 1. The van der Waals surface area contributed by atoms with Gasteiger partial charge in [-0.3, -0.25) is 5.32 Å². The number of fused-ring (bicyclic) bond motifs is 2. The van der Waals surface area contributed by atoms with Crippen LogP contribution in [-0.4, -0.2) is 35.2 Å². The third-order valence-electron chi connectivity index (χ3n) is 5.28. The Morgan fingerprint density at radius 1 is 1.20 bits per heavy atom. The first kappa shape index (κ1) is 20.2. The molecule has 0 saturated carbocycles. The molecule has 0 saturated heterocycles. The van der Waals surface area contributed by atoms with Gasteiger partial charge < -0.3 is 14.9 Å². The Balaban J connectivity index is 0.00000225. The standard InChI is InChI=1S/C20H29NO3.ClH/c1-12-9-13(11-16(22)19(23)21-4)18-14-7-5-6-8-15(14)20(2,3)24-17(18)10-12;/h9-10,16,19,21-23H,5-8,11H2,1-4H3;1H. The molecular weight excluding hydrogens is 338 g/mol. The second kappa shape index (κ2) is 7.67. The zero-order valence-electron chi connectivity index (χ0n) is 15.6. The lowest BCUT2D eigenvalue weighted by molar-refractivity contribution is 0.00369. The molecular formula is C20H30ClNO3. The number of hydrogen-bond donors (Lipinski definition) is 3. The van der Waals surface area contributed by atoms with Crippen LogP contribution < -0.4 is 10.1 Å². The summed E-state index contributed by atoms with van der Waals surface area (Å²) >= 11 is 0. The van der Waals surface area contributed by atoms with Crippen molar-refractivity contribution in [2.75, 3.05) is 7.05 Å². The Kier molecular flexibility index (Phi) is 6.21. The highest BCUT2D eigenvalue weighted by molar-refractivity contribution is 5.85. The van der Waals surface area contributed by atoms with E-state index in [1.807, 2.05) is 6.92 Å². The maximum atomic E-state index is 10.3. The molecule has 1 heterocycles. The minimum atomic E-state index is -0.929. The maximum Gasteiger partial charge on any atom is 0.131 e. The predicted octanol–water partition coefficient (Wildman–Crippen LogP) is 3.36. The minimum Gasteiger partial charge on any atom is -0.483 e. The van der Waals surface area contributed by atoms with Crippen molar-refractivity contribution in [3.05, 3.63) is 34.4 Å². The lowest BCUT2D eigenvalue weighted by atomic mass is 9.76. The van der Waals surface area contributed by atoms with Crippen molar-refractivity contribution in [3.63, 3.8) is 0 Å². The Labute approximate surface area is 156 Å². The molecule has 1 aromatic rings. The molecule has 1 aliphatic heterocycles. The van der Waals surface area contributed by atoms with Crippen LogP contribution in [0.15, 0.2) is 17.7 Å². The van der Waals surface area contributed by atoms with Gasteiger partial charge in [0.1, 0.15) is 17.6 Å². The number of ether oxygens (including phenoxy) is 1. The number of likely N-dealkylation sites (N-methyl/N-ethyl adjacent to an activating group) is 1. The molecule has 2 unspecified atom stereocenters. The fourth-order valence-corrected chi connectivity index (χ4v) is 4.12. The summed E-state index contributed by atoms with van der Waals surface area (Å²) in [6.07, 6.45) is 3.19. The van der Waals surface area contributed by atoms with Crippen LogP contribution in [0.4, 0.5) is 0 Å². The van der Waals surface area contributed by atoms with Crippen molar-refractivity contribution in [1.82, 2.24) is 5.32 Å². The second-order valence-electron chi connectivity index (χ2n) is 7.58. The smallest absolute Gasteiger partial charge is 0.131 e. The normalized spacial score (nSPS) is 20.7. The number of allylic oxidation sites excluding steroid dienone is 1. The van der Waals surface area contributed by atoms with Gasteiger partial charge in [-0.1, -0.05) is 6.07 Å². The van der Waals surface area contributed by atoms with Gasteiger partial charge in [0.2, 0.25) is 0 Å². The molecule has 0 bridgehead atoms. The van der Waals surface area contributed by atoms with E-state index in [1.54, 1.807) is 7.05 Å². The third kappa shape index (κ3) is 3.87. The molecule has 5 heteroatoms. The molecule has 0 radical (unpaired) electrons. The summed E-state index contributed by atoms with van der Waals surface area (Å²) < 4.78 is 6.36. The number of aryl methyl sites for hydroxylation is 1. The van der Waals surface area contributed by atoms with Crippen LogP contribution in [0.5, 0.6) is 5.75 Å².